The molecule has 8 heteroatoms. The predicted octanol–water partition coefficient (Wildman–Crippen LogP) is 5.65. The van der Waals surface area contributed by atoms with Gasteiger partial charge >= 0.3 is 0 Å². The van der Waals surface area contributed by atoms with Crippen LogP contribution in [0.2, 0.25) is 0 Å². The number of aromatic nitrogens is 5. The van der Waals surface area contributed by atoms with E-state index in [1.165, 1.54) is 34.6 Å². The molecule has 0 spiro atoms. The summed E-state index contributed by atoms with van der Waals surface area (Å²) in [7, 11) is 0. The Hall–Kier alpha value is -3.65. The van der Waals surface area contributed by atoms with Crippen LogP contribution in [0.15, 0.2) is 53.9 Å². The fraction of sp³-hybridized carbons (Fsp3) is 0.167. The lowest BCUT2D eigenvalue weighted by Crippen LogP contribution is -2.07. The van der Waals surface area contributed by atoms with Gasteiger partial charge < -0.3 is 5.32 Å². The van der Waals surface area contributed by atoms with Crippen LogP contribution in [0.3, 0.4) is 0 Å². The third kappa shape index (κ3) is 3.97. The van der Waals surface area contributed by atoms with Gasteiger partial charge in [-0.05, 0) is 50.6 Å². The van der Waals surface area contributed by atoms with Gasteiger partial charge in [0.05, 0.1) is 5.69 Å². The number of nitrogens with one attached hydrogen (secondary N) is 1. The van der Waals surface area contributed by atoms with Crippen LogP contribution in [-0.2, 0) is 6.42 Å². The van der Waals surface area contributed by atoms with Crippen molar-refractivity contribution in [1.29, 1.82) is 0 Å². The minimum Gasteiger partial charge on any atom is -0.307 e. The van der Waals surface area contributed by atoms with E-state index in [0.29, 0.717) is 24.0 Å². The molecule has 0 radical (unpaired) electrons. The molecule has 6 nitrogen and oxygen atoms in total. The molecule has 5 aromatic rings. The molecule has 0 saturated heterocycles. The summed E-state index contributed by atoms with van der Waals surface area (Å²) in [6.45, 7) is 5.95. The van der Waals surface area contributed by atoms with Crippen LogP contribution in [0, 0.1) is 26.6 Å². The molecule has 0 fully saturated rings. The zero-order valence-corrected chi connectivity index (χ0v) is 18.7. The number of fused-ring (bicyclic) bond motifs is 1. The summed E-state index contributed by atoms with van der Waals surface area (Å²) in [6.07, 6.45) is 0.706. The van der Waals surface area contributed by atoms with Crippen LogP contribution in [0.25, 0.3) is 16.2 Å². The van der Waals surface area contributed by atoms with Gasteiger partial charge in [0.25, 0.3) is 0 Å². The minimum absolute atomic E-state index is 0.267. The summed E-state index contributed by atoms with van der Waals surface area (Å²) in [5, 5.41) is 9.90. The molecule has 1 N–H and O–H groups in total. The molecule has 0 unspecified atom stereocenters. The van der Waals surface area contributed by atoms with Gasteiger partial charge in [0.2, 0.25) is 10.9 Å². The molecule has 3 aromatic heterocycles. The maximum Gasteiger partial charge on any atom is 0.249 e. The molecule has 0 aliphatic carbocycles. The Labute approximate surface area is 188 Å². The Bertz CT molecular complexity index is 1400. The standard InChI is InChI=1S/C24H21FN6S/c1-14-4-6-17(7-5-14)12-20-15(2)26-16(3)27-22(20)28-23-29-24-31(30-23)21(13-32-24)18-8-10-19(25)11-9-18/h4-11,13H,12H2,1-3H3,(H,26,27,28,30). The topological polar surface area (TPSA) is 68.0 Å². The predicted molar refractivity (Wildman–Crippen MR) is 125 cm³/mol. The number of thiazole rings is 1. The number of hydrogen-bond acceptors (Lipinski definition) is 6. The second-order valence-corrected chi connectivity index (χ2v) is 8.56. The number of benzene rings is 2. The van der Waals surface area contributed by atoms with Crippen LogP contribution in [0.5, 0.6) is 0 Å². The maximum atomic E-state index is 13.3. The SMILES string of the molecule is Cc1ccc(Cc2c(C)nc(C)nc2Nc2nc3scc(-c4ccc(F)cc4)n3n2)cc1. The second kappa shape index (κ2) is 8.12. The number of rotatable bonds is 5. The third-order valence-corrected chi connectivity index (χ3v) is 6.10. The van der Waals surface area contributed by atoms with Crippen molar-refractivity contribution in [3.63, 3.8) is 0 Å². The Kier molecular flexibility index (Phi) is 5.14. The van der Waals surface area contributed by atoms with Gasteiger partial charge in [0, 0.05) is 28.6 Å². The molecule has 0 aliphatic rings. The van der Waals surface area contributed by atoms with E-state index in [9.17, 15) is 4.39 Å². The lowest BCUT2D eigenvalue weighted by atomic mass is 10.0. The fourth-order valence-corrected chi connectivity index (χ4v) is 4.45. The molecular formula is C24H21FN6S. The lowest BCUT2D eigenvalue weighted by molar-refractivity contribution is 0.628. The smallest absolute Gasteiger partial charge is 0.249 e. The van der Waals surface area contributed by atoms with Crippen molar-refractivity contribution in [2.75, 3.05) is 5.32 Å². The molecule has 160 valence electrons. The van der Waals surface area contributed by atoms with Gasteiger partial charge in [-0.1, -0.05) is 29.8 Å². The lowest BCUT2D eigenvalue weighted by Gasteiger charge is -2.13. The Balaban J connectivity index is 1.49. The highest BCUT2D eigenvalue weighted by molar-refractivity contribution is 7.15. The highest BCUT2D eigenvalue weighted by atomic mass is 32.1. The van der Waals surface area contributed by atoms with E-state index in [4.69, 9.17) is 0 Å². The average molecular weight is 445 g/mol. The maximum absolute atomic E-state index is 13.3. The first-order valence-electron chi connectivity index (χ1n) is 10.2. The zero-order chi connectivity index (χ0) is 22.2. The minimum atomic E-state index is -0.267. The van der Waals surface area contributed by atoms with Crippen LogP contribution in [0.4, 0.5) is 16.2 Å². The largest absolute Gasteiger partial charge is 0.307 e. The first-order chi connectivity index (χ1) is 15.5. The Morgan fingerprint density at radius 2 is 1.69 bits per heavy atom. The first kappa shape index (κ1) is 20.3. The van der Waals surface area contributed by atoms with E-state index in [0.717, 1.165) is 27.5 Å². The van der Waals surface area contributed by atoms with Gasteiger partial charge in [-0.15, -0.1) is 16.4 Å². The molecule has 3 heterocycles. The number of anilines is 2. The monoisotopic (exact) mass is 444 g/mol. The number of aryl methyl sites for hydroxylation is 3. The van der Waals surface area contributed by atoms with Crippen molar-refractivity contribution < 1.29 is 4.39 Å². The number of nitrogens with zero attached hydrogens (tertiary/aromatic N) is 5. The molecule has 5 rings (SSSR count). The summed E-state index contributed by atoms with van der Waals surface area (Å²) < 4.78 is 15.1. The van der Waals surface area contributed by atoms with E-state index in [1.54, 1.807) is 16.6 Å². The molecule has 0 aliphatic heterocycles. The van der Waals surface area contributed by atoms with Crippen molar-refractivity contribution >= 4 is 28.1 Å². The molecule has 2 aromatic carbocycles. The summed E-state index contributed by atoms with van der Waals surface area (Å²) in [6, 6.07) is 14.8. The molecular weight excluding hydrogens is 423 g/mol. The quantitative estimate of drug-likeness (QED) is 0.380. The van der Waals surface area contributed by atoms with E-state index in [2.05, 4.69) is 56.6 Å². The first-order valence-corrected chi connectivity index (χ1v) is 11.1. The number of halogens is 1. The molecule has 0 saturated carbocycles. The van der Waals surface area contributed by atoms with Gasteiger partial charge in [0.1, 0.15) is 17.5 Å². The van der Waals surface area contributed by atoms with Crippen molar-refractivity contribution in [3.05, 3.63) is 87.9 Å². The molecule has 0 amide bonds. The van der Waals surface area contributed by atoms with Gasteiger partial charge in [-0.2, -0.15) is 4.98 Å². The van der Waals surface area contributed by atoms with Crippen molar-refractivity contribution in [3.8, 4) is 11.3 Å². The molecule has 0 atom stereocenters. The molecule has 0 bridgehead atoms. The van der Waals surface area contributed by atoms with Crippen molar-refractivity contribution in [1.82, 2.24) is 24.6 Å². The van der Waals surface area contributed by atoms with Crippen LogP contribution >= 0.6 is 11.3 Å². The third-order valence-electron chi connectivity index (χ3n) is 5.28. The van der Waals surface area contributed by atoms with Crippen molar-refractivity contribution in [2.24, 2.45) is 0 Å². The normalized spacial score (nSPS) is 11.2. The Morgan fingerprint density at radius 3 is 2.44 bits per heavy atom. The highest BCUT2D eigenvalue weighted by Crippen LogP contribution is 2.28. The van der Waals surface area contributed by atoms with Gasteiger partial charge in [-0.25, -0.2) is 18.9 Å². The van der Waals surface area contributed by atoms with Crippen LogP contribution < -0.4 is 5.32 Å². The van der Waals surface area contributed by atoms with E-state index in [1.807, 2.05) is 19.2 Å². The number of hydrogen-bond donors (Lipinski definition) is 1. The van der Waals surface area contributed by atoms with E-state index >= 15 is 0 Å². The van der Waals surface area contributed by atoms with E-state index in [-0.39, 0.29) is 5.82 Å². The average Bonchev–Trinajstić information content (AvgIpc) is 3.33. The molecule has 32 heavy (non-hydrogen) atoms. The highest BCUT2D eigenvalue weighted by Gasteiger charge is 2.16. The van der Waals surface area contributed by atoms with Crippen LogP contribution in [-0.4, -0.2) is 24.6 Å². The summed E-state index contributed by atoms with van der Waals surface area (Å²) in [5.41, 5.74) is 6.09. The van der Waals surface area contributed by atoms with Gasteiger partial charge in [-0.3, -0.25) is 0 Å². The van der Waals surface area contributed by atoms with Crippen LogP contribution in [0.1, 0.15) is 28.2 Å². The summed E-state index contributed by atoms with van der Waals surface area (Å²) in [5.74, 6) is 1.59. The second-order valence-electron chi connectivity index (χ2n) is 7.73. The fourth-order valence-electron chi connectivity index (χ4n) is 3.62. The van der Waals surface area contributed by atoms with E-state index < -0.39 is 0 Å². The van der Waals surface area contributed by atoms with Gasteiger partial charge in [0.15, 0.2) is 0 Å². The summed E-state index contributed by atoms with van der Waals surface area (Å²) in [4.78, 5) is 14.6. The zero-order valence-electron chi connectivity index (χ0n) is 17.9. The Morgan fingerprint density at radius 1 is 0.938 bits per heavy atom. The van der Waals surface area contributed by atoms with Crippen molar-refractivity contribution in [2.45, 2.75) is 27.2 Å². The summed E-state index contributed by atoms with van der Waals surface area (Å²) >= 11 is 1.48.